The fraction of sp³-hybridized carbons (Fsp3) is 0.167. The first-order valence-electron chi connectivity index (χ1n) is 8.33. The minimum absolute atomic E-state index is 0.425. The fourth-order valence-electron chi connectivity index (χ4n) is 2.37. The monoisotopic (exact) mass is 382 g/mol. The van der Waals surface area contributed by atoms with E-state index in [1.165, 1.54) is 11.8 Å². The number of para-hydroxylation sites is 1. The third kappa shape index (κ3) is 4.70. The van der Waals surface area contributed by atoms with Crippen LogP contribution in [-0.4, -0.2) is 38.7 Å². The summed E-state index contributed by atoms with van der Waals surface area (Å²) in [7, 11) is 0. The van der Waals surface area contributed by atoms with E-state index < -0.39 is 17.2 Å². The molecule has 2 aromatic carbocycles. The number of tetrazole rings is 1. The second kappa shape index (κ2) is 8.95. The number of aromatic nitrogens is 4. The molecule has 0 spiro atoms. The Bertz CT molecular complexity index is 900. The number of nitrogens with zero attached hydrogens (tertiary/aromatic N) is 4. The van der Waals surface area contributed by atoms with E-state index in [0.29, 0.717) is 11.7 Å². The number of amides is 3. The van der Waals surface area contributed by atoms with E-state index in [4.69, 9.17) is 0 Å². The molecule has 3 aromatic rings. The molecule has 0 aliphatic rings. The van der Waals surface area contributed by atoms with Crippen molar-refractivity contribution in [1.29, 1.82) is 0 Å². The topological polar surface area (TPSA) is 102 Å². The third-order valence-corrected chi connectivity index (χ3v) is 4.77. The first-order valence-corrected chi connectivity index (χ1v) is 9.21. The van der Waals surface area contributed by atoms with Crippen LogP contribution in [0.5, 0.6) is 0 Å². The Morgan fingerprint density at radius 1 is 1.07 bits per heavy atom. The number of nitrogens with one attached hydrogen (secondary N) is 2. The van der Waals surface area contributed by atoms with Crippen LogP contribution < -0.4 is 10.6 Å². The number of benzene rings is 2. The van der Waals surface area contributed by atoms with Crippen LogP contribution in [-0.2, 0) is 4.79 Å². The molecular weight excluding hydrogens is 364 g/mol. The second-order valence-electron chi connectivity index (χ2n) is 5.47. The van der Waals surface area contributed by atoms with E-state index in [9.17, 15) is 9.59 Å². The van der Waals surface area contributed by atoms with Crippen molar-refractivity contribution >= 4 is 23.7 Å². The molecule has 138 valence electrons. The molecular formula is C18H18N6O2S. The van der Waals surface area contributed by atoms with E-state index in [1.807, 2.05) is 60.7 Å². The minimum Gasteiger partial charge on any atom is -0.338 e. The molecule has 27 heavy (non-hydrogen) atoms. The first kappa shape index (κ1) is 18.6. The summed E-state index contributed by atoms with van der Waals surface area (Å²) in [5, 5.41) is 16.4. The van der Waals surface area contributed by atoms with Gasteiger partial charge in [-0.05, 0) is 35.0 Å². The molecule has 1 aromatic heterocycles. The lowest BCUT2D eigenvalue weighted by atomic mass is 10.1. The Morgan fingerprint density at radius 2 is 1.74 bits per heavy atom. The van der Waals surface area contributed by atoms with Gasteiger partial charge < -0.3 is 5.32 Å². The molecule has 0 aliphatic heterocycles. The highest BCUT2D eigenvalue weighted by atomic mass is 32.2. The molecule has 1 atom stereocenters. The van der Waals surface area contributed by atoms with Gasteiger partial charge in [0.05, 0.1) is 5.69 Å². The van der Waals surface area contributed by atoms with Crippen molar-refractivity contribution in [1.82, 2.24) is 30.8 Å². The zero-order valence-electron chi connectivity index (χ0n) is 14.6. The van der Waals surface area contributed by atoms with Gasteiger partial charge in [-0.2, -0.15) is 4.68 Å². The number of urea groups is 1. The summed E-state index contributed by atoms with van der Waals surface area (Å²) < 4.78 is 1.56. The highest BCUT2D eigenvalue weighted by Gasteiger charge is 2.26. The Balaban J connectivity index is 1.88. The van der Waals surface area contributed by atoms with Crippen molar-refractivity contribution in [2.45, 2.75) is 17.3 Å². The summed E-state index contributed by atoms with van der Waals surface area (Å²) >= 11 is 1.17. The number of carbonyl (C=O) groups excluding carboxylic acids is 2. The lowest BCUT2D eigenvalue weighted by molar-refractivity contribution is -0.119. The Labute approximate surface area is 160 Å². The molecule has 8 nitrogen and oxygen atoms in total. The minimum atomic E-state index is -0.692. The van der Waals surface area contributed by atoms with Gasteiger partial charge in [-0.25, -0.2) is 4.79 Å². The van der Waals surface area contributed by atoms with Crippen molar-refractivity contribution in [2.24, 2.45) is 0 Å². The van der Waals surface area contributed by atoms with E-state index in [0.717, 1.165) is 11.3 Å². The number of thioether (sulfide) groups is 1. The number of hydrogen-bond donors (Lipinski definition) is 2. The average molecular weight is 382 g/mol. The first-order chi connectivity index (χ1) is 13.2. The highest BCUT2D eigenvalue weighted by molar-refractivity contribution is 8.00. The molecule has 0 unspecified atom stereocenters. The lowest BCUT2D eigenvalue weighted by Gasteiger charge is -2.16. The van der Waals surface area contributed by atoms with Gasteiger partial charge in [-0.15, -0.1) is 5.10 Å². The number of rotatable bonds is 6. The molecule has 3 amide bonds. The highest BCUT2D eigenvalue weighted by Crippen LogP contribution is 2.34. The van der Waals surface area contributed by atoms with E-state index in [-0.39, 0.29) is 0 Å². The van der Waals surface area contributed by atoms with Crippen LogP contribution in [0.2, 0.25) is 0 Å². The Morgan fingerprint density at radius 3 is 2.41 bits per heavy atom. The van der Waals surface area contributed by atoms with E-state index >= 15 is 0 Å². The molecule has 0 radical (unpaired) electrons. The van der Waals surface area contributed by atoms with Gasteiger partial charge in [0, 0.05) is 6.54 Å². The number of hydrogen-bond acceptors (Lipinski definition) is 6. The second-order valence-corrected chi connectivity index (χ2v) is 6.54. The van der Waals surface area contributed by atoms with Gasteiger partial charge in [0.15, 0.2) is 0 Å². The van der Waals surface area contributed by atoms with Crippen LogP contribution in [0.15, 0.2) is 65.8 Å². The van der Waals surface area contributed by atoms with Gasteiger partial charge in [0.1, 0.15) is 5.25 Å². The SMILES string of the molecule is CCNC(=O)NC(=O)[C@H](Sc1nnnn1-c1ccccc1)c1ccccc1. The van der Waals surface area contributed by atoms with Crippen LogP contribution in [0.1, 0.15) is 17.7 Å². The zero-order chi connectivity index (χ0) is 19.1. The standard InChI is InChI=1S/C18H18N6O2S/c1-2-19-17(26)20-16(25)15(13-9-5-3-6-10-13)27-18-21-22-23-24(18)14-11-7-4-8-12-14/h3-12,15H,2H2,1H3,(H2,19,20,25,26)/t15-/m1/s1. The summed E-state index contributed by atoms with van der Waals surface area (Å²) in [5.41, 5.74) is 1.52. The van der Waals surface area contributed by atoms with E-state index in [2.05, 4.69) is 26.2 Å². The van der Waals surface area contributed by atoms with Crippen LogP contribution in [0, 0.1) is 0 Å². The van der Waals surface area contributed by atoms with Crippen LogP contribution in [0.4, 0.5) is 4.79 Å². The smallest absolute Gasteiger partial charge is 0.321 e. The van der Waals surface area contributed by atoms with Crippen LogP contribution in [0.3, 0.4) is 0 Å². The maximum Gasteiger partial charge on any atom is 0.321 e. The number of imide groups is 1. The summed E-state index contributed by atoms with van der Waals surface area (Å²) in [6.07, 6.45) is 0. The predicted octanol–water partition coefficient (Wildman–Crippen LogP) is 2.34. The summed E-state index contributed by atoms with van der Waals surface area (Å²) in [4.78, 5) is 24.5. The quantitative estimate of drug-likeness (QED) is 0.635. The summed E-state index contributed by atoms with van der Waals surface area (Å²) in [6, 6.07) is 18.0. The molecule has 9 heteroatoms. The molecule has 2 N–H and O–H groups in total. The van der Waals surface area contributed by atoms with Crippen molar-refractivity contribution in [3.05, 3.63) is 66.2 Å². The summed E-state index contributed by atoms with van der Waals surface area (Å²) in [6.45, 7) is 2.20. The molecule has 0 bridgehead atoms. The maximum atomic E-state index is 12.7. The average Bonchev–Trinajstić information content (AvgIpc) is 3.16. The van der Waals surface area contributed by atoms with Gasteiger partial charge in [0.25, 0.3) is 0 Å². The molecule has 0 saturated heterocycles. The molecule has 0 aliphatic carbocycles. The van der Waals surface area contributed by atoms with Crippen molar-refractivity contribution in [3.63, 3.8) is 0 Å². The Hall–Kier alpha value is -3.20. The molecule has 0 fully saturated rings. The van der Waals surface area contributed by atoms with Gasteiger partial charge in [0.2, 0.25) is 11.1 Å². The maximum absolute atomic E-state index is 12.7. The zero-order valence-corrected chi connectivity index (χ0v) is 15.4. The van der Waals surface area contributed by atoms with Crippen molar-refractivity contribution in [2.75, 3.05) is 6.54 Å². The van der Waals surface area contributed by atoms with Crippen LogP contribution in [0.25, 0.3) is 5.69 Å². The van der Waals surface area contributed by atoms with Crippen molar-refractivity contribution < 1.29 is 9.59 Å². The molecule has 0 saturated carbocycles. The van der Waals surface area contributed by atoms with E-state index in [1.54, 1.807) is 11.6 Å². The predicted molar refractivity (Wildman–Crippen MR) is 101 cm³/mol. The Kier molecular flexibility index (Phi) is 6.16. The van der Waals surface area contributed by atoms with Gasteiger partial charge in [-0.3, -0.25) is 10.1 Å². The van der Waals surface area contributed by atoms with Gasteiger partial charge >= 0.3 is 6.03 Å². The normalized spacial score (nSPS) is 11.6. The van der Waals surface area contributed by atoms with Crippen LogP contribution >= 0.6 is 11.8 Å². The van der Waals surface area contributed by atoms with Gasteiger partial charge in [-0.1, -0.05) is 60.3 Å². The van der Waals surface area contributed by atoms with Crippen molar-refractivity contribution in [3.8, 4) is 5.69 Å². The summed E-state index contributed by atoms with van der Waals surface area (Å²) in [5.74, 6) is -0.445. The number of carbonyl (C=O) groups is 2. The fourth-order valence-corrected chi connectivity index (χ4v) is 3.37. The molecule has 3 rings (SSSR count). The molecule has 1 heterocycles. The lowest BCUT2D eigenvalue weighted by Crippen LogP contribution is -2.41. The third-order valence-electron chi connectivity index (χ3n) is 3.58. The largest absolute Gasteiger partial charge is 0.338 e.